The fourth-order valence-electron chi connectivity index (χ4n) is 3.92. The minimum atomic E-state index is -0.690. The minimum Gasteiger partial charge on any atom is -0.457 e. The summed E-state index contributed by atoms with van der Waals surface area (Å²) in [4.78, 5) is 36.4. The Hall–Kier alpha value is -4.23. The molecule has 2 aromatic heterocycles. The van der Waals surface area contributed by atoms with Gasteiger partial charge in [0.2, 0.25) is 0 Å². The molecule has 0 saturated heterocycles. The maximum atomic E-state index is 12.8. The third-order valence-corrected chi connectivity index (χ3v) is 6.77. The fraction of sp³-hybridized carbons (Fsp3) is 0.208. The van der Waals surface area contributed by atoms with Crippen molar-refractivity contribution in [3.8, 4) is 17.4 Å². The number of nitro groups is 1. The number of primary amides is 1. The highest BCUT2D eigenvalue weighted by Gasteiger charge is 2.27. The predicted octanol–water partition coefficient (Wildman–Crippen LogP) is 4.69. The van der Waals surface area contributed by atoms with E-state index in [0.29, 0.717) is 27.8 Å². The van der Waals surface area contributed by atoms with Crippen LogP contribution in [-0.2, 0) is 17.6 Å². The standard InChI is InChI=1S/C24H20N4O5S/c1-13-5-7-18-20(9-13)34-24(21(18)22(26)29)27-23(30)15(12-25)11-17-6-8-19(33-17)14-3-2-4-16(10-14)28(31)32/h2-4,6,8,10-11,13H,5,7,9H2,1H3,(H2,26,29)(H,27,30)/b15-11+. The number of amides is 2. The average Bonchev–Trinajstić information content (AvgIpc) is 3.41. The number of carbonyl (C=O) groups excluding carboxylic acids is 2. The number of hydrogen-bond acceptors (Lipinski definition) is 7. The first kappa shape index (κ1) is 22.9. The number of nitrogens with one attached hydrogen (secondary N) is 1. The monoisotopic (exact) mass is 476 g/mol. The lowest BCUT2D eigenvalue weighted by Gasteiger charge is -2.18. The van der Waals surface area contributed by atoms with E-state index in [-0.39, 0.29) is 17.0 Å². The van der Waals surface area contributed by atoms with Gasteiger partial charge in [-0.2, -0.15) is 5.26 Å². The van der Waals surface area contributed by atoms with Gasteiger partial charge in [0.05, 0.1) is 10.5 Å². The minimum absolute atomic E-state index is 0.0821. The van der Waals surface area contributed by atoms with E-state index in [1.165, 1.54) is 35.6 Å². The number of non-ortho nitro benzene ring substituents is 1. The van der Waals surface area contributed by atoms with Crippen LogP contribution in [0.25, 0.3) is 17.4 Å². The zero-order chi connectivity index (χ0) is 24.4. The molecular formula is C24H20N4O5S. The number of anilines is 1. The molecule has 4 rings (SSSR count). The van der Waals surface area contributed by atoms with Crippen LogP contribution in [0.2, 0.25) is 0 Å². The van der Waals surface area contributed by atoms with Gasteiger partial charge >= 0.3 is 0 Å². The van der Waals surface area contributed by atoms with Crippen molar-refractivity contribution in [3.63, 3.8) is 0 Å². The molecule has 1 aliphatic rings. The first-order valence-electron chi connectivity index (χ1n) is 10.5. The summed E-state index contributed by atoms with van der Waals surface area (Å²) < 4.78 is 5.68. The molecule has 3 N–H and O–H groups in total. The summed E-state index contributed by atoms with van der Waals surface area (Å²) in [6, 6.07) is 10.9. The Balaban J connectivity index is 1.58. The number of nitrogens with two attached hydrogens (primary N) is 1. The van der Waals surface area contributed by atoms with Crippen molar-refractivity contribution < 1.29 is 18.9 Å². The van der Waals surface area contributed by atoms with E-state index in [1.54, 1.807) is 18.2 Å². The highest BCUT2D eigenvalue weighted by molar-refractivity contribution is 7.17. The molecule has 1 atom stereocenters. The number of thiophene rings is 1. The maximum absolute atomic E-state index is 12.8. The Morgan fingerprint density at radius 2 is 2.15 bits per heavy atom. The van der Waals surface area contributed by atoms with Crippen LogP contribution in [-0.4, -0.2) is 16.7 Å². The van der Waals surface area contributed by atoms with E-state index in [2.05, 4.69) is 12.2 Å². The Morgan fingerprint density at radius 3 is 2.85 bits per heavy atom. The molecule has 0 fully saturated rings. The number of nitriles is 1. The third-order valence-electron chi connectivity index (χ3n) is 5.61. The fourth-order valence-corrected chi connectivity index (χ4v) is 5.33. The molecule has 34 heavy (non-hydrogen) atoms. The highest BCUT2D eigenvalue weighted by atomic mass is 32.1. The first-order chi connectivity index (χ1) is 16.3. The van der Waals surface area contributed by atoms with E-state index in [0.717, 1.165) is 29.7 Å². The lowest BCUT2D eigenvalue weighted by Crippen LogP contribution is -2.19. The lowest BCUT2D eigenvalue weighted by molar-refractivity contribution is -0.384. The molecule has 3 aromatic rings. The Kier molecular flexibility index (Phi) is 6.30. The largest absolute Gasteiger partial charge is 0.457 e. The van der Waals surface area contributed by atoms with Gasteiger partial charge in [-0.05, 0) is 42.9 Å². The molecule has 0 bridgehead atoms. The number of nitrogens with zero attached hydrogens (tertiary/aromatic N) is 2. The molecule has 0 spiro atoms. The van der Waals surface area contributed by atoms with Crippen molar-refractivity contribution in [2.45, 2.75) is 26.2 Å². The van der Waals surface area contributed by atoms with Gasteiger partial charge in [0, 0.05) is 28.6 Å². The average molecular weight is 477 g/mol. The molecule has 0 aliphatic heterocycles. The zero-order valence-corrected chi connectivity index (χ0v) is 19.0. The summed E-state index contributed by atoms with van der Waals surface area (Å²) in [6.07, 6.45) is 3.74. The molecule has 2 heterocycles. The van der Waals surface area contributed by atoms with Crippen molar-refractivity contribution >= 4 is 39.9 Å². The van der Waals surface area contributed by atoms with Gasteiger partial charge in [0.15, 0.2) is 0 Å². The number of benzene rings is 1. The Morgan fingerprint density at radius 1 is 1.35 bits per heavy atom. The SMILES string of the molecule is CC1CCc2c(sc(NC(=O)/C(C#N)=C/c3ccc(-c4cccc([N+](=O)[O-])c4)o3)c2C(N)=O)C1. The van der Waals surface area contributed by atoms with E-state index >= 15 is 0 Å². The predicted molar refractivity (Wildman–Crippen MR) is 127 cm³/mol. The summed E-state index contributed by atoms with van der Waals surface area (Å²) in [5.74, 6) is -0.252. The first-order valence-corrected chi connectivity index (χ1v) is 11.3. The smallest absolute Gasteiger partial charge is 0.270 e. The summed E-state index contributed by atoms with van der Waals surface area (Å²) in [7, 11) is 0. The zero-order valence-electron chi connectivity index (χ0n) is 18.2. The number of rotatable bonds is 6. The normalized spacial score (nSPS) is 15.3. The molecule has 0 radical (unpaired) electrons. The molecule has 2 amide bonds. The van der Waals surface area contributed by atoms with Crippen LogP contribution in [0, 0.1) is 27.4 Å². The molecule has 1 unspecified atom stereocenters. The quantitative estimate of drug-likeness (QED) is 0.228. The van der Waals surface area contributed by atoms with Crippen molar-refractivity contribution in [1.82, 2.24) is 0 Å². The highest BCUT2D eigenvalue weighted by Crippen LogP contribution is 2.39. The summed E-state index contributed by atoms with van der Waals surface area (Å²) in [5, 5.41) is 23.6. The van der Waals surface area contributed by atoms with Gasteiger partial charge in [-0.25, -0.2) is 0 Å². The van der Waals surface area contributed by atoms with Gasteiger partial charge in [0.25, 0.3) is 17.5 Å². The molecule has 9 nitrogen and oxygen atoms in total. The maximum Gasteiger partial charge on any atom is 0.270 e. The summed E-state index contributed by atoms with van der Waals surface area (Å²) in [5.41, 5.74) is 6.96. The lowest BCUT2D eigenvalue weighted by atomic mass is 9.88. The third kappa shape index (κ3) is 4.60. The van der Waals surface area contributed by atoms with Crippen molar-refractivity contribution in [3.05, 3.63) is 73.8 Å². The van der Waals surface area contributed by atoms with Gasteiger partial charge in [-0.15, -0.1) is 11.3 Å². The van der Waals surface area contributed by atoms with E-state index < -0.39 is 16.7 Å². The second-order valence-corrected chi connectivity index (χ2v) is 9.16. The van der Waals surface area contributed by atoms with Gasteiger partial charge < -0.3 is 15.5 Å². The second kappa shape index (κ2) is 9.33. The van der Waals surface area contributed by atoms with Crippen LogP contribution in [0.4, 0.5) is 10.7 Å². The number of nitro benzene ring substituents is 1. The van der Waals surface area contributed by atoms with Gasteiger partial charge in [-0.1, -0.05) is 19.1 Å². The van der Waals surface area contributed by atoms with E-state index in [1.807, 2.05) is 6.07 Å². The van der Waals surface area contributed by atoms with Crippen LogP contribution < -0.4 is 11.1 Å². The number of fused-ring (bicyclic) bond motifs is 1. The summed E-state index contributed by atoms with van der Waals surface area (Å²) >= 11 is 1.31. The molecule has 10 heteroatoms. The van der Waals surface area contributed by atoms with Crippen LogP contribution >= 0.6 is 11.3 Å². The molecule has 172 valence electrons. The summed E-state index contributed by atoms with van der Waals surface area (Å²) in [6.45, 7) is 2.13. The van der Waals surface area contributed by atoms with Gasteiger partial charge in [0.1, 0.15) is 28.2 Å². The molecule has 1 aliphatic carbocycles. The molecule has 1 aromatic carbocycles. The van der Waals surface area contributed by atoms with Crippen LogP contribution in [0.1, 0.15) is 39.9 Å². The Bertz CT molecular complexity index is 1380. The van der Waals surface area contributed by atoms with Crippen LogP contribution in [0.5, 0.6) is 0 Å². The molecule has 0 saturated carbocycles. The number of furan rings is 1. The van der Waals surface area contributed by atoms with E-state index in [9.17, 15) is 25.0 Å². The van der Waals surface area contributed by atoms with Gasteiger partial charge in [-0.3, -0.25) is 19.7 Å². The Labute approximate surface area is 198 Å². The second-order valence-electron chi connectivity index (χ2n) is 8.05. The topological polar surface area (TPSA) is 152 Å². The van der Waals surface area contributed by atoms with Crippen molar-refractivity contribution in [2.75, 3.05) is 5.32 Å². The van der Waals surface area contributed by atoms with Crippen LogP contribution in [0.15, 0.2) is 46.4 Å². The molecular weight excluding hydrogens is 456 g/mol. The van der Waals surface area contributed by atoms with Crippen molar-refractivity contribution in [2.24, 2.45) is 11.7 Å². The van der Waals surface area contributed by atoms with E-state index in [4.69, 9.17) is 10.2 Å². The van der Waals surface area contributed by atoms with Crippen LogP contribution in [0.3, 0.4) is 0 Å². The number of carbonyl (C=O) groups is 2. The van der Waals surface area contributed by atoms with Crippen molar-refractivity contribution in [1.29, 1.82) is 5.26 Å². The number of hydrogen-bond donors (Lipinski definition) is 2.